The third kappa shape index (κ3) is 3.10. The summed E-state index contributed by atoms with van der Waals surface area (Å²) in [6.45, 7) is 10.3. The van der Waals surface area contributed by atoms with Crippen LogP contribution in [0.4, 0.5) is 0 Å². The predicted octanol–water partition coefficient (Wildman–Crippen LogP) is 4.28. The lowest BCUT2D eigenvalue weighted by atomic mass is 9.84. The highest BCUT2D eigenvalue weighted by Gasteiger charge is 2.20. The van der Waals surface area contributed by atoms with Gasteiger partial charge in [0.05, 0.1) is 0 Å². The summed E-state index contributed by atoms with van der Waals surface area (Å²) in [5.41, 5.74) is 4.01. The van der Waals surface area contributed by atoms with E-state index in [4.69, 9.17) is 11.6 Å². The van der Waals surface area contributed by atoms with Crippen LogP contribution in [0.5, 0.6) is 0 Å². The van der Waals surface area contributed by atoms with Gasteiger partial charge in [-0.2, -0.15) is 0 Å². The van der Waals surface area contributed by atoms with Gasteiger partial charge in [-0.1, -0.05) is 36.8 Å². The zero-order valence-electron chi connectivity index (χ0n) is 9.81. The second-order valence-corrected chi connectivity index (χ2v) is 4.87. The molecule has 0 heterocycles. The first-order chi connectivity index (χ1) is 7.00. The summed E-state index contributed by atoms with van der Waals surface area (Å²) in [6, 6.07) is 6.55. The predicted molar refractivity (Wildman–Crippen MR) is 68.6 cm³/mol. The van der Waals surface area contributed by atoms with Gasteiger partial charge in [-0.25, -0.2) is 0 Å². The topological polar surface area (TPSA) is 0 Å². The van der Waals surface area contributed by atoms with Crippen LogP contribution in [0.1, 0.15) is 23.6 Å². The molecular formula is C14H19Cl. The summed E-state index contributed by atoms with van der Waals surface area (Å²) in [5.74, 6) is 0.615. The fourth-order valence-electron chi connectivity index (χ4n) is 1.60. The maximum Gasteiger partial charge on any atom is 0.0315 e. The Morgan fingerprint density at radius 1 is 1.40 bits per heavy atom. The van der Waals surface area contributed by atoms with E-state index in [9.17, 15) is 0 Å². The Hall–Kier alpha value is -0.750. The summed E-state index contributed by atoms with van der Waals surface area (Å²) < 4.78 is 0. The molecule has 82 valence electrons. The molecule has 0 bridgehead atoms. The fourth-order valence-corrected chi connectivity index (χ4v) is 1.80. The minimum absolute atomic E-state index is 0.000108. The fraction of sp³-hybridized carbons (Fsp3) is 0.429. The zero-order chi connectivity index (χ0) is 11.5. The minimum atomic E-state index is 0.000108. The lowest BCUT2D eigenvalue weighted by Gasteiger charge is -2.23. The van der Waals surface area contributed by atoms with E-state index in [1.807, 2.05) is 6.08 Å². The number of aryl methyl sites for hydroxylation is 2. The maximum atomic E-state index is 5.98. The highest BCUT2D eigenvalue weighted by atomic mass is 35.5. The second-order valence-electron chi connectivity index (χ2n) is 4.60. The first-order valence-corrected chi connectivity index (χ1v) is 5.80. The Morgan fingerprint density at radius 2 is 2.07 bits per heavy atom. The van der Waals surface area contributed by atoms with Crippen molar-refractivity contribution in [3.05, 3.63) is 47.5 Å². The number of hydrogen-bond acceptors (Lipinski definition) is 0. The zero-order valence-corrected chi connectivity index (χ0v) is 10.6. The molecule has 0 N–H and O–H groups in total. The molecule has 1 aromatic rings. The Labute approximate surface area is 98.0 Å². The summed E-state index contributed by atoms with van der Waals surface area (Å²) in [5, 5.41) is 0. The molecule has 0 saturated carbocycles. The van der Waals surface area contributed by atoms with Gasteiger partial charge in [0, 0.05) is 11.3 Å². The van der Waals surface area contributed by atoms with Crippen LogP contribution in [0.3, 0.4) is 0 Å². The quantitative estimate of drug-likeness (QED) is 0.527. The van der Waals surface area contributed by atoms with Crippen LogP contribution in [0.25, 0.3) is 0 Å². The molecule has 1 heteroatoms. The highest BCUT2D eigenvalue weighted by Crippen LogP contribution is 2.27. The first-order valence-electron chi connectivity index (χ1n) is 5.26. The summed E-state index contributed by atoms with van der Waals surface area (Å²) in [6.07, 6.45) is 2.93. The summed E-state index contributed by atoms with van der Waals surface area (Å²) >= 11 is 5.98. The molecule has 0 saturated heterocycles. The van der Waals surface area contributed by atoms with Crippen LogP contribution in [-0.2, 0) is 6.42 Å². The van der Waals surface area contributed by atoms with E-state index < -0.39 is 0 Å². The molecular weight excluding hydrogens is 204 g/mol. The van der Waals surface area contributed by atoms with Gasteiger partial charge >= 0.3 is 0 Å². The Bertz CT molecular complexity index is 354. The molecule has 1 aromatic carbocycles. The number of alkyl halides is 1. The van der Waals surface area contributed by atoms with Gasteiger partial charge < -0.3 is 0 Å². The van der Waals surface area contributed by atoms with Gasteiger partial charge in [0.15, 0.2) is 0 Å². The van der Waals surface area contributed by atoms with Crippen LogP contribution in [0, 0.1) is 19.3 Å². The Morgan fingerprint density at radius 3 is 2.60 bits per heavy atom. The van der Waals surface area contributed by atoms with Gasteiger partial charge in [-0.05, 0) is 31.4 Å². The van der Waals surface area contributed by atoms with Crippen molar-refractivity contribution in [1.82, 2.24) is 0 Å². The molecule has 1 atom stereocenters. The molecule has 0 radical (unpaired) electrons. The average Bonchev–Trinajstić information content (AvgIpc) is 2.23. The van der Waals surface area contributed by atoms with Crippen LogP contribution in [-0.4, -0.2) is 5.88 Å². The van der Waals surface area contributed by atoms with Crippen molar-refractivity contribution >= 4 is 11.6 Å². The standard InChI is InChI=1S/C14H19Cl/c1-5-14(4,10-15)9-13-8-11(2)6-7-12(13)3/h5-8H,1,9-10H2,2-4H3. The lowest BCUT2D eigenvalue weighted by Crippen LogP contribution is -2.19. The van der Waals surface area contributed by atoms with Crippen molar-refractivity contribution in [3.63, 3.8) is 0 Å². The number of rotatable bonds is 4. The largest absolute Gasteiger partial charge is 0.126 e. The molecule has 0 aliphatic rings. The van der Waals surface area contributed by atoms with Crippen LogP contribution >= 0.6 is 11.6 Å². The normalized spacial score (nSPS) is 14.7. The molecule has 0 aliphatic heterocycles. The van der Waals surface area contributed by atoms with Crippen molar-refractivity contribution in [2.75, 3.05) is 5.88 Å². The van der Waals surface area contributed by atoms with Gasteiger partial charge in [0.25, 0.3) is 0 Å². The number of halogens is 1. The van der Waals surface area contributed by atoms with Crippen molar-refractivity contribution in [1.29, 1.82) is 0 Å². The first kappa shape index (κ1) is 12.3. The van der Waals surface area contributed by atoms with Gasteiger partial charge in [0.1, 0.15) is 0 Å². The maximum absolute atomic E-state index is 5.98. The highest BCUT2D eigenvalue weighted by molar-refractivity contribution is 6.18. The molecule has 0 aromatic heterocycles. The van der Waals surface area contributed by atoms with Crippen molar-refractivity contribution < 1.29 is 0 Å². The van der Waals surface area contributed by atoms with E-state index in [1.54, 1.807) is 0 Å². The number of hydrogen-bond donors (Lipinski definition) is 0. The summed E-state index contributed by atoms with van der Waals surface area (Å²) in [7, 11) is 0. The molecule has 0 amide bonds. The molecule has 0 aliphatic carbocycles. The minimum Gasteiger partial charge on any atom is -0.126 e. The van der Waals surface area contributed by atoms with E-state index in [2.05, 4.69) is 45.5 Å². The van der Waals surface area contributed by atoms with E-state index in [0.717, 1.165) is 6.42 Å². The number of benzene rings is 1. The number of allylic oxidation sites excluding steroid dienone is 1. The van der Waals surface area contributed by atoms with Gasteiger partial charge in [-0.3, -0.25) is 0 Å². The molecule has 0 nitrogen and oxygen atoms in total. The van der Waals surface area contributed by atoms with Crippen LogP contribution in [0.2, 0.25) is 0 Å². The molecule has 1 rings (SSSR count). The smallest absolute Gasteiger partial charge is 0.0315 e. The van der Waals surface area contributed by atoms with E-state index in [0.29, 0.717) is 5.88 Å². The molecule has 0 spiro atoms. The van der Waals surface area contributed by atoms with Gasteiger partial charge in [0.2, 0.25) is 0 Å². The monoisotopic (exact) mass is 222 g/mol. The SMILES string of the molecule is C=CC(C)(CCl)Cc1cc(C)ccc1C. The van der Waals surface area contributed by atoms with E-state index in [1.165, 1.54) is 16.7 Å². The third-order valence-corrected chi connectivity index (χ3v) is 3.51. The average molecular weight is 223 g/mol. The Balaban J connectivity index is 2.97. The third-order valence-electron chi connectivity index (χ3n) is 2.90. The van der Waals surface area contributed by atoms with Crippen molar-refractivity contribution in [2.45, 2.75) is 27.2 Å². The second kappa shape index (κ2) is 4.85. The summed E-state index contributed by atoms with van der Waals surface area (Å²) in [4.78, 5) is 0. The molecule has 1 unspecified atom stereocenters. The molecule has 0 fully saturated rings. The lowest BCUT2D eigenvalue weighted by molar-refractivity contribution is 0.485. The van der Waals surface area contributed by atoms with Crippen LogP contribution < -0.4 is 0 Å². The van der Waals surface area contributed by atoms with Crippen molar-refractivity contribution in [3.8, 4) is 0 Å². The Kier molecular flexibility index (Phi) is 3.98. The van der Waals surface area contributed by atoms with E-state index in [-0.39, 0.29) is 5.41 Å². The molecule has 15 heavy (non-hydrogen) atoms. The van der Waals surface area contributed by atoms with Gasteiger partial charge in [-0.15, -0.1) is 18.2 Å². The van der Waals surface area contributed by atoms with E-state index >= 15 is 0 Å². The van der Waals surface area contributed by atoms with Crippen molar-refractivity contribution in [2.24, 2.45) is 5.41 Å². The van der Waals surface area contributed by atoms with Crippen LogP contribution in [0.15, 0.2) is 30.9 Å².